The summed E-state index contributed by atoms with van der Waals surface area (Å²) in [6.45, 7) is 3.98. The molecule has 5 heteroatoms. The molecule has 0 spiro atoms. The first-order chi connectivity index (χ1) is 11.7. The number of aryl methyl sites for hydroxylation is 1. The second-order valence-electron chi connectivity index (χ2n) is 5.71. The van der Waals surface area contributed by atoms with Crippen LogP contribution in [0.4, 0.5) is 5.95 Å². The van der Waals surface area contributed by atoms with E-state index in [0.29, 0.717) is 5.95 Å². The maximum absolute atomic E-state index is 11.7. The smallest absolute Gasteiger partial charge is 0.252 e. The summed E-state index contributed by atoms with van der Waals surface area (Å²) in [6, 6.07) is 15.9. The molecule has 0 aliphatic rings. The van der Waals surface area contributed by atoms with Gasteiger partial charge in [0.2, 0.25) is 5.95 Å². The Morgan fingerprint density at radius 1 is 1.17 bits per heavy atom. The summed E-state index contributed by atoms with van der Waals surface area (Å²) in [5.74, 6) is 0.367. The molecule has 24 heavy (non-hydrogen) atoms. The Morgan fingerprint density at radius 2 is 1.96 bits per heavy atom. The zero-order valence-corrected chi connectivity index (χ0v) is 13.8. The van der Waals surface area contributed by atoms with E-state index < -0.39 is 0 Å². The minimum atomic E-state index is -0.172. The van der Waals surface area contributed by atoms with Gasteiger partial charge in [0, 0.05) is 11.8 Å². The minimum Gasteiger partial charge on any atom is -0.291 e. The van der Waals surface area contributed by atoms with Gasteiger partial charge in [0.25, 0.3) is 5.56 Å². The lowest BCUT2D eigenvalue weighted by atomic mass is 10.0. The van der Waals surface area contributed by atoms with Crippen molar-refractivity contribution in [3.8, 4) is 0 Å². The molecule has 0 aliphatic heterocycles. The Balaban J connectivity index is 1.83. The van der Waals surface area contributed by atoms with Gasteiger partial charge in [-0.1, -0.05) is 49.7 Å². The van der Waals surface area contributed by atoms with Crippen LogP contribution in [-0.2, 0) is 6.42 Å². The van der Waals surface area contributed by atoms with E-state index >= 15 is 0 Å². The summed E-state index contributed by atoms with van der Waals surface area (Å²) in [7, 11) is 0. The molecule has 1 heterocycles. The average molecular weight is 320 g/mol. The van der Waals surface area contributed by atoms with Crippen molar-refractivity contribution in [2.75, 3.05) is 5.43 Å². The summed E-state index contributed by atoms with van der Waals surface area (Å²) >= 11 is 0. The van der Waals surface area contributed by atoms with Gasteiger partial charge in [0.05, 0.1) is 5.71 Å². The van der Waals surface area contributed by atoms with Gasteiger partial charge in [0.1, 0.15) is 0 Å². The molecule has 2 aromatic carbocycles. The molecule has 0 saturated heterocycles. The zero-order chi connectivity index (χ0) is 16.9. The summed E-state index contributed by atoms with van der Waals surface area (Å²) in [5.41, 5.74) is 5.29. The van der Waals surface area contributed by atoms with E-state index in [9.17, 15) is 4.79 Å². The van der Waals surface area contributed by atoms with E-state index in [1.54, 1.807) is 0 Å². The van der Waals surface area contributed by atoms with Crippen molar-refractivity contribution >= 4 is 22.4 Å². The van der Waals surface area contributed by atoms with Crippen LogP contribution < -0.4 is 11.0 Å². The quantitative estimate of drug-likeness (QED) is 0.556. The summed E-state index contributed by atoms with van der Waals surface area (Å²) in [5, 5.41) is 6.71. The first kappa shape index (κ1) is 15.9. The Labute approximate surface area is 140 Å². The van der Waals surface area contributed by atoms with Crippen molar-refractivity contribution in [3.63, 3.8) is 0 Å². The number of fused-ring (bicyclic) bond motifs is 1. The number of rotatable bonds is 5. The third kappa shape index (κ3) is 3.68. The van der Waals surface area contributed by atoms with Crippen molar-refractivity contribution in [2.45, 2.75) is 26.7 Å². The average Bonchev–Trinajstić information content (AvgIpc) is 2.59. The van der Waals surface area contributed by atoms with Gasteiger partial charge in [-0.15, -0.1) is 0 Å². The van der Waals surface area contributed by atoms with Crippen LogP contribution in [0.5, 0.6) is 0 Å². The molecule has 3 aromatic rings. The Bertz CT molecular complexity index is 943. The van der Waals surface area contributed by atoms with Gasteiger partial charge >= 0.3 is 0 Å². The van der Waals surface area contributed by atoms with E-state index in [1.165, 1.54) is 16.8 Å². The number of hydrazone groups is 1. The van der Waals surface area contributed by atoms with Crippen LogP contribution >= 0.6 is 0 Å². The second-order valence-corrected chi connectivity index (χ2v) is 5.71. The zero-order valence-electron chi connectivity index (χ0n) is 13.8. The third-order valence-corrected chi connectivity index (χ3v) is 3.80. The molecule has 0 bridgehead atoms. The molecule has 0 aliphatic carbocycles. The number of nitrogens with one attached hydrogen (secondary N) is 2. The normalized spacial score (nSPS) is 11.7. The van der Waals surface area contributed by atoms with Gasteiger partial charge in [-0.05, 0) is 35.7 Å². The van der Waals surface area contributed by atoms with Gasteiger partial charge in [-0.3, -0.25) is 9.78 Å². The lowest BCUT2D eigenvalue weighted by Crippen LogP contribution is -2.12. The highest BCUT2D eigenvalue weighted by Crippen LogP contribution is 2.16. The lowest BCUT2D eigenvalue weighted by Gasteiger charge is -2.06. The Kier molecular flexibility index (Phi) is 4.70. The highest BCUT2D eigenvalue weighted by molar-refractivity contribution is 6.02. The largest absolute Gasteiger partial charge is 0.291 e. The molecule has 3 rings (SSSR count). The number of aromatic nitrogens is 2. The van der Waals surface area contributed by atoms with Crippen LogP contribution in [0, 0.1) is 0 Å². The fourth-order valence-electron chi connectivity index (χ4n) is 2.56. The SMILES string of the molecule is CCCc1cc(=O)[nH]c(N/N=C(\C)c2ccc3ccccc3c2)n1. The monoisotopic (exact) mass is 320 g/mol. The van der Waals surface area contributed by atoms with E-state index in [1.807, 2.05) is 25.1 Å². The second kappa shape index (κ2) is 7.08. The van der Waals surface area contributed by atoms with Gasteiger partial charge < -0.3 is 0 Å². The molecule has 0 amide bonds. The first-order valence-electron chi connectivity index (χ1n) is 8.05. The van der Waals surface area contributed by atoms with Crippen molar-refractivity contribution in [1.29, 1.82) is 0 Å². The minimum absolute atomic E-state index is 0.172. The molecule has 1 aromatic heterocycles. The number of hydrogen-bond donors (Lipinski definition) is 2. The Hall–Kier alpha value is -2.95. The van der Waals surface area contributed by atoms with Crippen LogP contribution in [0.3, 0.4) is 0 Å². The molecule has 122 valence electrons. The molecule has 0 fully saturated rings. The Morgan fingerprint density at radius 3 is 2.75 bits per heavy atom. The van der Waals surface area contributed by atoms with E-state index in [0.717, 1.165) is 29.8 Å². The molecule has 0 unspecified atom stereocenters. The highest BCUT2D eigenvalue weighted by Gasteiger charge is 2.02. The molecular weight excluding hydrogens is 300 g/mol. The van der Waals surface area contributed by atoms with Crippen LogP contribution in [-0.4, -0.2) is 15.7 Å². The molecule has 0 saturated carbocycles. The van der Waals surface area contributed by atoms with Gasteiger partial charge in [-0.2, -0.15) is 5.10 Å². The fourth-order valence-corrected chi connectivity index (χ4v) is 2.56. The molecule has 2 N–H and O–H groups in total. The van der Waals surface area contributed by atoms with Crippen LogP contribution in [0.1, 0.15) is 31.5 Å². The van der Waals surface area contributed by atoms with Crippen molar-refractivity contribution in [1.82, 2.24) is 9.97 Å². The third-order valence-electron chi connectivity index (χ3n) is 3.80. The maximum Gasteiger partial charge on any atom is 0.252 e. The van der Waals surface area contributed by atoms with Crippen molar-refractivity contribution in [2.24, 2.45) is 5.10 Å². The van der Waals surface area contributed by atoms with Gasteiger partial charge in [0.15, 0.2) is 0 Å². The number of anilines is 1. The van der Waals surface area contributed by atoms with Crippen LogP contribution in [0.15, 0.2) is 58.4 Å². The van der Waals surface area contributed by atoms with Gasteiger partial charge in [-0.25, -0.2) is 10.4 Å². The van der Waals surface area contributed by atoms with Crippen molar-refractivity contribution < 1.29 is 0 Å². The van der Waals surface area contributed by atoms with E-state index in [4.69, 9.17) is 0 Å². The molecule has 0 atom stereocenters. The number of hydrogen-bond acceptors (Lipinski definition) is 4. The first-order valence-corrected chi connectivity index (χ1v) is 8.05. The summed E-state index contributed by atoms with van der Waals surface area (Å²) in [4.78, 5) is 18.7. The lowest BCUT2D eigenvalue weighted by molar-refractivity contribution is 0.867. The highest BCUT2D eigenvalue weighted by atomic mass is 16.1. The van der Waals surface area contributed by atoms with E-state index in [-0.39, 0.29) is 5.56 Å². The van der Waals surface area contributed by atoms with Crippen LogP contribution in [0.2, 0.25) is 0 Å². The fraction of sp³-hybridized carbons (Fsp3) is 0.211. The molecule has 0 radical (unpaired) electrons. The predicted octanol–water partition coefficient (Wildman–Crippen LogP) is 3.71. The topological polar surface area (TPSA) is 70.1 Å². The molecular formula is C19H20N4O. The number of H-pyrrole nitrogens is 1. The number of benzene rings is 2. The number of aromatic amines is 1. The van der Waals surface area contributed by atoms with Crippen LogP contribution in [0.25, 0.3) is 10.8 Å². The standard InChI is InChI=1S/C19H20N4O/c1-3-6-17-12-18(24)21-19(20-17)23-22-13(2)15-10-9-14-7-4-5-8-16(14)11-15/h4-5,7-12H,3,6H2,1-2H3,(H2,20,21,23,24)/b22-13+. The predicted molar refractivity (Wildman–Crippen MR) is 98.6 cm³/mol. The summed E-state index contributed by atoms with van der Waals surface area (Å²) in [6.07, 6.45) is 1.71. The maximum atomic E-state index is 11.7. The summed E-state index contributed by atoms with van der Waals surface area (Å²) < 4.78 is 0. The molecule has 5 nitrogen and oxygen atoms in total. The van der Waals surface area contributed by atoms with E-state index in [2.05, 4.69) is 51.7 Å². The van der Waals surface area contributed by atoms with Crippen molar-refractivity contribution in [3.05, 3.63) is 70.1 Å². The number of nitrogens with zero attached hydrogens (tertiary/aromatic N) is 2.